The minimum absolute atomic E-state index is 0.0326. The Hall–Kier alpha value is -2.49. The Labute approximate surface area is 150 Å². The van der Waals surface area contributed by atoms with Gasteiger partial charge in [-0.05, 0) is 55.5 Å². The second kappa shape index (κ2) is 9.72. The fourth-order valence-electron chi connectivity index (χ4n) is 2.87. The molecule has 0 heterocycles. The van der Waals surface area contributed by atoms with Gasteiger partial charge in [0.2, 0.25) is 5.91 Å². The molecule has 1 amide bonds. The molecule has 2 rings (SSSR count). The van der Waals surface area contributed by atoms with E-state index in [0.29, 0.717) is 12.8 Å². The Bertz CT molecular complexity index is 670. The summed E-state index contributed by atoms with van der Waals surface area (Å²) >= 11 is 0. The fraction of sp³-hybridized carbons (Fsp3) is 0.381. The number of carbonyl (C=O) groups is 1. The van der Waals surface area contributed by atoms with Crippen molar-refractivity contribution in [3.63, 3.8) is 0 Å². The van der Waals surface area contributed by atoms with Crippen molar-refractivity contribution in [1.82, 2.24) is 5.32 Å². The van der Waals surface area contributed by atoms with Crippen molar-refractivity contribution in [2.75, 3.05) is 14.2 Å². The van der Waals surface area contributed by atoms with Gasteiger partial charge >= 0.3 is 0 Å². The van der Waals surface area contributed by atoms with Crippen molar-refractivity contribution >= 4 is 5.91 Å². The molecular formula is C21H27NO3. The summed E-state index contributed by atoms with van der Waals surface area (Å²) in [5, 5.41) is 3.07. The lowest BCUT2D eigenvalue weighted by Crippen LogP contribution is -2.34. The molecule has 4 heteroatoms. The van der Waals surface area contributed by atoms with E-state index >= 15 is 0 Å². The second-order valence-electron chi connectivity index (χ2n) is 6.19. The molecule has 0 aliphatic rings. The first-order chi connectivity index (χ1) is 12.1. The zero-order valence-electron chi connectivity index (χ0n) is 15.2. The number of methoxy groups -OCH3 is 2. The molecule has 2 aromatic rings. The van der Waals surface area contributed by atoms with Crippen molar-refractivity contribution in [3.05, 3.63) is 59.7 Å². The van der Waals surface area contributed by atoms with Gasteiger partial charge in [-0.3, -0.25) is 4.79 Å². The lowest BCUT2D eigenvalue weighted by molar-refractivity contribution is -0.121. The van der Waals surface area contributed by atoms with Gasteiger partial charge in [-0.2, -0.15) is 0 Å². The minimum atomic E-state index is 0.0326. The number of rotatable bonds is 9. The fourth-order valence-corrected chi connectivity index (χ4v) is 2.87. The van der Waals surface area contributed by atoms with E-state index in [2.05, 4.69) is 17.4 Å². The van der Waals surface area contributed by atoms with E-state index in [-0.39, 0.29) is 11.9 Å². The Morgan fingerprint density at radius 1 is 1.08 bits per heavy atom. The third-order valence-corrected chi connectivity index (χ3v) is 4.13. The van der Waals surface area contributed by atoms with E-state index in [4.69, 9.17) is 9.47 Å². The van der Waals surface area contributed by atoms with Gasteiger partial charge in [0.1, 0.15) is 11.5 Å². The van der Waals surface area contributed by atoms with Crippen LogP contribution in [0.4, 0.5) is 0 Å². The first-order valence-electron chi connectivity index (χ1n) is 8.66. The maximum Gasteiger partial charge on any atom is 0.220 e. The van der Waals surface area contributed by atoms with Gasteiger partial charge in [0.25, 0.3) is 0 Å². The van der Waals surface area contributed by atoms with Gasteiger partial charge in [0, 0.05) is 12.5 Å². The molecule has 0 saturated carbocycles. The van der Waals surface area contributed by atoms with E-state index in [0.717, 1.165) is 29.9 Å². The summed E-state index contributed by atoms with van der Waals surface area (Å²) in [5.74, 6) is 1.69. The molecule has 0 bridgehead atoms. The highest BCUT2D eigenvalue weighted by Crippen LogP contribution is 2.25. The van der Waals surface area contributed by atoms with Gasteiger partial charge in [-0.25, -0.2) is 0 Å². The third-order valence-electron chi connectivity index (χ3n) is 4.13. The molecule has 0 saturated heterocycles. The number of ether oxygens (including phenoxy) is 2. The summed E-state index contributed by atoms with van der Waals surface area (Å²) in [4.78, 5) is 12.1. The number of nitrogens with one attached hydrogen (secondary N) is 1. The van der Waals surface area contributed by atoms with Crippen molar-refractivity contribution in [1.29, 1.82) is 0 Å². The quantitative estimate of drug-likeness (QED) is 0.755. The van der Waals surface area contributed by atoms with Gasteiger partial charge in [0.15, 0.2) is 0 Å². The normalized spacial score (nSPS) is 11.6. The van der Waals surface area contributed by atoms with Crippen LogP contribution in [0.2, 0.25) is 0 Å². The number of hydrogen-bond donors (Lipinski definition) is 1. The number of hydrogen-bond acceptors (Lipinski definition) is 3. The molecule has 134 valence electrons. The van der Waals surface area contributed by atoms with Crippen LogP contribution in [0.15, 0.2) is 48.5 Å². The van der Waals surface area contributed by atoms with E-state index in [1.807, 2.05) is 43.3 Å². The maximum absolute atomic E-state index is 12.1. The van der Waals surface area contributed by atoms with E-state index in [1.165, 1.54) is 5.56 Å². The molecule has 1 atom stereocenters. The first kappa shape index (κ1) is 18.8. The highest BCUT2D eigenvalue weighted by atomic mass is 16.5. The average molecular weight is 341 g/mol. The predicted octanol–water partition coefficient (Wildman–Crippen LogP) is 3.77. The van der Waals surface area contributed by atoms with E-state index in [1.54, 1.807) is 14.2 Å². The molecule has 2 aromatic carbocycles. The number of carbonyl (C=O) groups excluding carboxylic acids is 1. The molecular weight excluding hydrogens is 314 g/mol. The Balaban J connectivity index is 1.81. The SMILES string of the molecule is COc1ccc(OC)c(CC(C)NC(=O)CCCc2ccccc2)c1. The summed E-state index contributed by atoms with van der Waals surface area (Å²) < 4.78 is 10.7. The topological polar surface area (TPSA) is 47.6 Å². The highest BCUT2D eigenvalue weighted by Gasteiger charge is 2.12. The highest BCUT2D eigenvalue weighted by molar-refractivity contribution is 5.76. The van der Waals surface area contributed by atoms with Gasteiger partial charge in [0.05, 0.1) is 14.2 Å². The average Bonchev–Trinajstić information content (AvgIpc) is 2.62. The lowest BCUT2D eigenvalue weighted by atomic mass is 10.0. The van der Waals surface area contributed by atoms with E-state index in [9.17, 15) is 4.79 Å². The van der Waals surface area contributed by atoms with Crippen LogP contribution in [0.1, 0.15) is 30.9 Å². The molecule has 25 heavy (non-hydrogen) atoms. The van der Waals surface area contributed by atoms with Crippen molar-refractivity contribution in [2.45, 2.75) is 38.6 Å². The minimum Gasteiger partial charge on any atom is -0.497 e. The molecule has 0 aromatic heterocycles. The van der Waals surface area contributed by atoms with Crippen molar-refractivity contribution in [2.24, 2.45) is 0 Å². The van der Waals surface area contributed by atoms with Crippen LogP contribution in [-0.2, 0) is 17.6 Å². The van der Waals surface area contributed by atoms with Crippen LogP contribution in [0.25, 0.3) is 0 Å². The van der Waals surface area contributed by atoms with Gasteiger partial charge < -0.3 is 14.8 Å². The largest absolute Gasteiger partial charge is 0.497 e. The molecule has 0 spiro atoms. The van der Waals surface area contributed by atoms with Gasteiger partial charge in [-0.1, -0.05) is 30.3 Å². The van der Waals surface area contributed by atoms with Crippen LogP contribution < -0.4 is 14.8 Å². The summed E-state index contributed by atoms with van der Waals surface area (Å²) in [6.07, 6.45) is 3.01. The molecule has 0 aliphatic carbocycles. The number of aryl methyl sites for hydroxylation is 1. The van der Waals surface area contributed by atoms with Crippen LogP contribution in [-0.4, -0.2) is 26.2 Å². The molecule has 0 aliphatic heterocycles. The van der Waals surface area contributed by atoms with Crippen molar-refractivity contribution in [3.8, 4) is 11.5 Å². The van der Waals surface area contributed by atoms with Crippen LogP contribution in [0, 0.1) is 0 Å². The number of amides is 1. The smallest absolute Gasteiger partial charge is 0.220 e. The second-order valence-corrected chi connectivity index (χ2v) is 6.19. The Morgan fingerprint density at radius 3 is 2.52 bits per heavy atom. The summed E-state index contributed by atoms with van der Waals surface area (Å²) in [6.45, 7) is 2.01. The first-order valence-corrected chi connectivity index (χ1v) is 8.66. The molecule has 1 unspecified atom stereocenters. The molecule has 4 nitrogen and oxygen atoms in total. The van der Waals surface area contributed by atoms with Gasteiger partial charge in [-0.15, -0.1) is 0 Å². The van der Waals surface area contributed by atoms with Crippen LogP contribution >= 0.6 is 0 Å². The van der Waals surface area contributed by atoms with E-state index < -0.39 is 0 Å². The Morgan fingerprint density at radius 2 is 1.84 bits per heavy atom. The molecule has 1 N–H and O–H groups in total. The Kier molecular flexibility index (Phi) is 7.33. The van der Waals surface area contributed by atoms with Crippen molar-refractivity contribution < 1.29 is 14.3 Å². The maximum atomic E-state index is 12.1. The number of benzene rings is 2. The predicted molar refractivity (Wildman–Crippen MR) is 100 cm³/mol. The molecule has 0 fully saturated rings. The summed E-state index contributed by atoms with van der Waals surface area (Å²) in [7, 11) is 3.29. The summed E-state index contributed by atoms with van der Waals surface area (Å²) in [5.41, 5.74) is 2.29. The van der Waals surface area contributed by atoms with Crippen LogP contribution in [0.3, 0.4) is 0 Å². The monoisotopic (exact) mass is 341 g/mol. The lowest BCUT2D eigenvalue weighted by Gasteiger charge is -2.17. The van der Waals surface area contributed by atoms with Crippen LogP contribution in [0.5, 0.6) is 11.5 Å². The molecule has 0 radical (unpaired) electrons. The zero-order valence-corrected chi connectivity index (χ0v) is 15.2. The standard InChI is InChI=1S/C21H27NO3/c1-16(14-18-15-19(24-2)12-13-20(18)25-3)22-21(23)11-7-10-17-8-5-4-6-9-17/h4-6,8-9,12-13,15-16H,7,10-11,14H2,1-3H3,(H,22,23). The zero-order chi connectivity index (χ0) is 18.1. The summed E-state index contributed by atoms with van der Waals surface area (Å²) in [6, 6.07) is 16.0. The third kappa shape index (κ3) is 6.14.